The fourth-order valence-corrected chi connectivity index (χ4v) is 2.08. The Bertz CT molecular complexity index is 154. The van der Waals surface area contributed by atoms with Crippen LogP contribution in [0.25, 0.3) is 0 Å². The zero-order valence-corrected chi connectivity index (χ0v) is 9.70. The maximum absolute atomic E-state index is 10.1. The smallest absolute Gasteiger partial charge is 0.0864 e. The van der Waals surface area contributed by atoms with Gasteiger partial charge in [-0.15, -0.1) is 0 Å². The van der Waals surface area contributed by atoms with Crippen LogP contribution in [-0.4, -0.2) is 23.9 Å². The van der Waals surface area contributed by atoms with Gasteiger partial charge in [0.15, 0.2) is 0 Å². The van der Waals surface area contributed by atoms with E-state index < -0.39 is 0 Å². The summed E-state index contributed by atoms with van der Waals surface area (Å²) in [6.45, 7) is 7.02. The molecule has 1 aliphatic carbocycles. The predicted molar refractivity (Wildman–Crippen MR) is 58.2 cm³/mol. The quantitative estimate of drug-likeness (QED) is 0.684. The molecule has 0 aliphatic heterocycles. The fourth-order valence-electron chi connectivity index (χ4n) is 2.08. The van der Waals surface area contributed by atoms with Gasteiger partial charge in [0.2, 0.25) is 0 Å². The van der Waals surface area contributed by atoms with Crippen molar-refractivity contribution >= 4 is 0 Å². The first kappa shape index (κ1) is 12.0. The Hall–Kier alpha value is -0.0800. The lowest BCUT2D eigenvalue weighted by Gasteiger charge is -2.27. The molecule has 0 aromatic heterocycles. The van der Waals surface area contributed by atoms with E-state index in [9.17, 15) is 5.11 Å². The van der Waals surface area contributed by atoms with Crippen molar-refractivity contribution in [1.29, 1.82) is 0 Å². The average Bonchev–Trinajstić information content (AvgIpc) is 2.97. The highest BCUT2D eigenvalue weighted by Crippen LogP contribution is 2.37. The standard InChI is InChI=1S/C12H24O2/c1-4-6-9(3)11(13)12(14-5-2)10-7-8-10/h9-13H,4-8H2,1-3H3. The zero-order chi connectivity index (χ0) is 10.6. The third-order valence-electron chi connectivity index (χ3n) is 3.11. The Kier molecular flexibility index (Phi) is 4.90. The molecule has 0 saturated heterocycles. The van der Waals surface area contributed by atoms with Crippen LogP contribution in [0, 0.1) is 11.8 Å². The molecule has 14 heavy (non-hydrogen) atoms. The maximum atomic E-state index is 10.1. The van der Waals surface area contributed by atoms with Crippen LogP contribution in [0.15, 0.2) is 0 Å². The van der Waals surface area contributed by atoms with E-state index in [-0.39, 0.29) is 12.2 Å². The predicted octanol–water partition coefficient (Wildman–Crippen LogP) is 2.60. The first-order valence-electron chi connectivity index (χ1n) is 6.00. The van der Waals surface area contributed by atoms with Crippen molar-refractivity contribution in [3.8, 4) is 0 Å². The molecule has 1 N–H and O–H groups in total. The van der Waals surface area contributed by atoms with Gasteiger partial charge in [-0.2, -0.15) is 0 Å². The fraction of sp³-hybridized carbons (Fsp3) is 1.00. The number of hydrogen-bond acceptors (Lipinski definition) is 2. The van der Waals surface area contributed by atoms with Gasteiger partial charge in [0.1, 0.15) is 0 Å². The monoisotopic (exact) mass is 200 g/mol. The molecule has 1 aliphatic rings. The second-order valence-corrected chi connectivity index (χ2v) is 4.51. The lowest BCUT2D eigenvalue weighted by atomic mass is 9.93. The third kappa shape index (κ3) is 3.25. The van der Waals surface area contributed by atoms with Gasteiger partial charge in [-0.25, -0.2) is 0 Å². The molecular weight excluding hydrogens is 176 g/mol. The molecule has 2 heteroatoms. The highest BCUT2D eigenvalue weighted by atomic mass is 16.5. The van der Waals surface area contributed by atoms with E-state index >= 15 is 0 Å². The third-order valence-corrected chi connectivity index (χ3v) is 3.11. The van der Waals surface area contributed by atoms with E-state index in [0.29, 0.717) is 11.8 Å². The van der Waals surface area contributed by atoms with Crippen molar-refractivity contribution in [2.75, 3.05) is 6.61 Å². The average molecular weight is 200 g/mol. The minimum Gasteiger partial charge on any atom is -0.390 e. The van der Waals surface area contributed by atoms with Crippen LogP contribution in [0.5, 0.6) is 0 Å². The summed E-state index contributed by atoms with van der Waals surface area (Å²) in [6, 6.07) is 0. The van der Waals surface area contributed by atoms with Gasteiger partial charge in [0, 0.05) is 6.61 Å². The van der Waals surface area contributed by atoms with E-state index in [1.807, 2.05) is 6.92 Å². The van der Waals surface area contributed by atoms with E-state index in [2.05, 4.69) is 13.8 Å². The van der Waals surface area contributed by atoms with Crippen LogP contribution < -0.4 is 0 Å². The highest BCUT2D eigenvalue weighted by Gasteiger charge is 2.38. The Balaban J connectivity index is 2.40. The largest absolute Gasteiger partial charge is 0.390 e. The molecule has 0 amide bonds. The van der Waals surface area contributed by atoms with Crippen LogP contribution in [-0.2, 0) is 4.74 Å². The van der Waals surface area contributed by atoms with E-state index in [1.54, 1.807) is 0 Å². The molecule has 0 radical (unpaired) electrons. The summed E-state index contributed by atoms with van der Waals surface area (Å²) < 4.78 is 5.65. The van der Waals surface area contributed by atoms with Crippen molar-refractivity contribution in [3.05, 3.63) is 0 Å². The van der Waals surface area contributed by atoms with Gasteiger partial charge in [-0.1, -0.05) is 20.3 Å². The Morgan fingerprint density at radius 3 is 2.43 bits per heavy atom. The first-order chi connectivity index (χ1) is 6.70. The summed E-state index contributed by atoms with van der Waals surface area (Å²) >= 11 is 0. The SMILES string of the molecule is CCCC(C)C(O)C(OCC)C1CC1. The summed E-state index contributed by atoms with van der Waals surface area (Å²) in [6.07, 6.45) is 4.55. The van der Waals surface area contributed by atoms with Crippen LogP contribution in [0.4, 0.5) is 0 Å². The van der Waals surface area contributed by atoms with Gasteiger partial charge in [0.05, 0.1) is 12.2 Å². The molecular formula is C12H24O2. The Labute approximate surface area is 87.7 Å². The number of ether oxygens (including phenoxy) is 1. The molecule has 1 saturated carbocycles. The molecule has 1 fully saturated rings. The lowest BCUT2D eigenvalue weighted by molar-refractivity contribution is -0.0673. The summed E-state index contributed by atoms with van der Waals surface area (Å²) in [4.78, 5) is 0. The van der Waals surface area contributed by atoms with E-state index in [1.165, 1.54) is 12.8 Å². The molecule has 0 heterocycles. The van der Waals surface area contributed by atoms with E-state index in [4.69, 9.17) is 4.74 Å². The summed E-state index contributed by atoms with van der Waals surface area (Å²) in [7, 11) is 0. The van der Waals surface area contributed by atoms with E-state index in [0.717, 1.165) is 19.4 Å². The van der Waals surface area contributed by atoms with Crippen LogP contribution in [0.2, 0.25) is 0 Å². The van der Waals surface area contributed by atoms with Crippen LogP contribution in [0.1, 0.15) is 46.5 Å². The molecule has 0 aromatic rings. The number of rotatable bonds is 7. The normalized spacial score (nSPS) is 23.1. The van der Waals surface area contributed by atoms with Crippen molar-refractivity contribution in [2.24, 2.45) is 11.8 Å². The Morgan fingerprint density at radius 1 is 1.36 bits per heavy atom. The maximum Gasteiger partial charge on any atom is 0.0864 e. The van der Waals surface area contributed by atoms with Gasteiger partial charge in [0.25, 0.3) is 0 Å². The molecule has 84 valence electrons. The molecule has 0 aromatic carbocycles. The van der Waals surface area contributed by atoms with Crippen molar-refractivity contribution < 1.29 is 9.84 Å². The molecule has 3 unspecified atom stereocenters. The molecule has 0 bridgehead atoms. The summed E-state index contributed by atoms with van der Waals surface area (Å²) in [5.74, 6) is 1.00. The molecule has 2 nitrogen and oxygen atoms in total. The second kappa shape index (κ2) is 5.72. The molecule has 3 atom stereocenters. The first-order valence-corrected chi connectivity index (χ1v) is 6.00. The van der Waals surface area contributed by atoms with Crippen molar-refractivity contribution in [2.45, 2.75) is 58.7 Å². The van der Waals surface area contributed by atoms with Crippen molar-refractivity contribution in [1.82, 2.24) is 0 Å². The van der Waals surface area contributed by atoms with Gasteiger partial charge < -0.3 is 9.84 Å². The Morgan fingerprint density at radius 2 is 2.00 bits per heavy atom. The van der Waals surface area contributed by atoms with Crippen molar-refractivity contribution in [3.63, 3.8) is 0 Å². The van der Waals surface area contributed by atoms with Gasteiger partial charge >= 0.3 is 0 Å². The molecule has 1 rings (SSSR count). The van der Waals surface area contributed by atoms with Crippen LogP contribution >= 0.6 is 0 Å². The number of hydrogen-bond donors (Lipinski definition) is 1. The topological polar surface area (TPSA) is 29.5 Å². The lowest BCUT2D eigenvalue weighted by Crippen LogP contribution is -2.36. The summed E-state index contributed by atoms with van der Waals surface area (Å²) in [5, 5.41) is 10.1. The number of aliphatic hydroxyl groups is 1. The zero-order valence-electron chi connectivity index (χ0n) is 9.70. The minimum absolute atomic E-state index is 0.0987. The number of aliphatic hydroxyl groups excluding tert-OH is 1. The second-order valence-electron chi connectivity index (χ2n) is 4.51. The molecule has 0 spiro atoms. The van der Waals surface area contributed by atoms with Crippen LogP contribution in [0.3, 0.4) is 0 Å². The summed E-state index contributed by atoms with van der Waals surface area (Å²) in [5.41, 5.74) is 0. The van der Waals surface area contributed by atoms with Gasteiger partial charge in [-0.05, 0) is 38.0 Å². The highest BCUT2D eigenvalue weighted by molar-refractivity contribution is 4.88. The van der Waals surface area contributed by atoms with Gasteiger partial charge in [-0.3, -0.25) is 0 Å². The minimum atomic E-state index is -0.262.